The Hall–Kier alpha value is -1.64. The van der Waals surface area contributed by atoms with Crippen molar-refractivity contribution in [2.45, 2.75) is 20.0 Å². The predicted molar refractivity (Wildman–Crippen MR) is 55.5 cm³/mol. The van der Waals surface area contributed by atoms with Crippen LogP contribution >= 0.6 is 0 Å². The summed E-state index contributed by atoms with van der Waals surface area (Å²) in [5.74, 6) is 0.480. The minimum Gasteiger partial charge on any atom is -0.508 e. The van der Waals surface area contributed by atoms with Gasteiger partial charge in [0.2, 0.25) is 0 Å². The van der Waals surface area contributed by atoms with Gasteiger partial charge < -0.3 is 14.9 Å². The van der Waals surface area contributed by atoms with Crippen molar-refractivity contribution in [3.05, 3.63) is 30.3 Å². The summed E-state index contributed by atoms with van der Waals surface area (Å²) in [6.45, 7) is 7.15. The average Bonchev–Trinajstić information content (AvgIpc) is 2.01. The summed E-state index contributed by atoms with van der Waals surface area (Å²) in [6, 6.07) is 4.55. The summed E-state index contributed by atoms with van der Waals surface area (Å²) in [5, 5.41) is 18.5. The SMILES string of the molecule is C=C(O)c1cc(O)cc(OC(C)C)c1. The smallest absolute Gasteiger partial charge is 0.124 e. The fourth-order valence-electron chi connectivity index (χ4n) is 1.09. The molecule has 3 heteroatoms. The molecule has 0 unspecified atom stereocenters. The Labute approximate surface area is 83.3 Å². The van der Waals surface area contributed by atoms with Crippen LogP contribution in [0.2, 0.25) is 0 Å². The molecule has 0 aliphatic carbocycles. The molecule has 76 valence electrons. The van der Waals surface area contributed by atoms with Crippen molar-refractivity contribution in [1.29, 1.82) is 0 Å². The molecule has 0 atom stereocenters. The molecule has 0 aromatic heterocycles. The van der Waals surface area contributed by atoms with Crippen LogP contribution in [-0.4, -0.2) is 16.3 Å². The molecule has 0 fully saturated rings. The van der Waals surface area contributed by atoms with Crippen LogP contribution in [0, 0.1) is 0 Å². The van der Waals surface area contributed by atoms with E-state index in [0.29, 0.717) is 11.3 Å². The van der Waals surface area contributed by atoms with Gasteiger partial charge in [0.25, 0.3) is 0 Å². The highest BCUT2D eigenvalue weighted by molar-refractivity contribution is 5.60. The maximum absolute atomic E-state index is 9.32. The van der Waals surface area contributed by atoms with E-state index in [4.69, 9.17) is 9.84 Å². The van der Waals surface area contributed by atoms with Gasteiger partial charge in [-0.05, 0) is 26.0 Å². The average molecular weight is 194 g/mol. The minimum atomic E-state index is -0.0884. The first-order chi connectivity index (χ1) is 6.49. The number of rotatable bonds is 3. The monoisotopic (exact) mass is 194 g/mol. The van der Waals surface area contributed by atoms with Gasteiger partial charge in [-0.1, -0.05) is 6.58 Å². The van der Waals surface area contributed by atoms with E-state index in [2.05, 4.69) is 6.58 Å². The first-order valence-electron chi connectivity index (χ1n) is 4.38. The summed E-state index contributed by atoms with van der Waals surface area (Å²) >= 11 is 0. The van der Waals surface area contributed by atoms with Gasteiger partial charge in [0, 0.05) is 11.6 Å². The van der Waals surface area contributed by atoms with Gasteiger partial charge in [0.05, 0.1) is 6.10 Å². The number of hydrogen-bond acceptors (Lipinski definition) is 3. The van der Waals surface area contributed by atoms with Gasteiger partial charge in [0.15, 0.2) is 0 Å². The highest BCUT2D eigenvalue weighted by Gasteiger charge is 2.04. The molecule has 2 N–H and O–H groups in total. The molecule has 1 aromatic rings. The topological polar surface area (TPSA) is 49.7 Å². The zero-order valence-electron chi connectivity index (χ0n) is 8.32. The van der Waals surface area contributed by atoms with Crippen LogP contribution < -0.4 is 4.74 Å². The van der Waals surface area contributed by atoms with Crippen LogP contribution in [0.15, 0.2) is 24.8 Å². The van der Waals surface area contributed by atoms with E-state index in [1.54, 1.807) is 6.07 Å². The molecule has 0 aliphatic rings. The molecular formula is C11H14O3. The largest absolute Gasteiger partial charge is 0.508 e. The number of aromatic hydroxyl groups is 1. The minimum absolute atomic E-state index is 0.0246. The van der Waals surface area contributed by atoms with Crippen molar-refractivity contribution in [2.24, 2.45) is 0 Å². The Morgan fingerprint density at radius 3 is 2.50 bits per heavy atom. The van der Waals surface area contributed by atoms with E-state index in [1.165, 1.54) is 12.1 Å². The standard InChI is InChI=1S/C11H14O3/c1-7(2)14-11-5-9(8(3)12)4-10(13)6-11/h4-7,12-13H,3H2,1-2H3. The number of phenols is 1. The Morgan fingerprint density at radius 2 is 2.00 bits per heavy atom. The highest BCUT2D eigenvalue weighted by Crippen LogP contribution is 2.25. The molecule has 0 radical (unpaired) electrons. The van der Waals surface area contributed by atoms with E-state index in [0.717, 1.165) is 0 Å². The highest BCUT2D eigenvalue weighted by atomic mass is 16.5. The molecular weight excluding hydrogens is 180 g/mol. The molecule has 0 bridgehead atoms. The number of hydrogen-bond donors (Lipinski definition) is 2. The Balaban J connectivity index is 3.01. The Bertz CT molecular complexity index is 342. The molecule has 3 nitrogen and oxygen atoms in total. The summed E-state index contributed by atoms with van der Waals surface area (Å²) in [4.78, 5) is 0. The van der Waals surface area contributed by atoms with Crippen LogP contribution in [-0.2, 0) is 0 Å². The van der Waals surface area contributed by atoms with E-state index in [9.17, 15) is 5.11 Å². The lowest BCUT2D eigenvalue weighted by Crippen LogP contribution is -2.05. The maximum Gasteiger partial charge on any atom is 0.124 e. The lowest BCUT2D eigenvalue weighted by Gasteiger charge is -2.11. The molecule has 0 spiro atoms. The van der Waals surface area contributed by atoms with Crippen LogP contribution in [0.25, 0.3) is 5.76 Å². The summed E-state index contributed by atoms with van der Waals surface area (Å²) < 4.78 is 5.37. The first kappa shape index (κ1) is 10.4. The molecule has 1 aromatic carbocycles. The number of aliphatic hydroxyl groups excluding tert-OH is 1. The van der Waals surface area contributed by atoms with Gasteiger partial charge >= 0.3 is 0 Å². The van der Waals surface area contributed by atoms with Gasteiger partial charge in [-0.25, -0.2) is 0 Å². The fraction of sp³-hybridized carbons (Fsp3) is 0.273. The molecule has 1 rings (SSSR count). The quantitative estimate of drug-likeness (QED) is 0.727. The van der Waals surface area contributed by atoms with E-state index in [1.807, 2.05) is 13.8 Å². The number of phenolic OH excluding ortho intramolecular Hbond substituents is 1. The van der Waals surface area contributed by atoms with E-state index >= 15 is 0 Å². The molecule has 0 heterocycles. The van der Waals surface area contributed by atoms with Gasteiger partial charge in [-0.15, -0.1) is 0 Å². The van der Waals surface area contributed by atoms with Crippen molar-refractivity contribution in [3.63, 3.8) is 0 Å². The third-order valence-electron chi connectivity index (χ3n) is 1.60. The van der Waals surface area contributed by atoms with Crippen LogP contribution in [0.5, 0.6) is 11.5 Å². The van der Waals surface area contributed by atoms with Crippen LogP contribution in [0.3, 0.4) is 0 Å². The lowest BCUT2D eigenvalue weighted by atomic mass is 10.2. The zero-order valence-corrected chi connectivity index (χ0v) is 8.32. The molecule has 0 aliphatic heterocycles. The first-order valence-corrected chi connectivity index (χ1v) is 4.38. The maximum atomic E-state index is 9.32. The van der Waals surface area contributed by atoms with Gasteiger partial charge in [-0.2, -0.15) is 0 Å². The molecule has 14 heavy (non-hydrogen) atoms. The van der Waals surface area contributed by atoms with Crippen LogP contribution in [0.4, 0.5) is 0 Å². The second-order valence-electron chi connectivity index (χ2n) is 3.33. The summed E-state index contributed by atoms with van der Waals surface area (Å²) in [6.07, 6.45) is 0.0246. The van der Waals surface area contributed by atoms with Crippen molar-refractivity contribution < 1.29 is 14.9 Å². The third-order valence-corrected chi connectivity index (χ3v) is 1.60. The van der Waals surface area contributed by atoms with Crippen LogP contribution in [0.1, 0.15) is 19.4 Å². The number of ether oxygens (including phenoxy) is 1. The lowest BCUT2D eigenvalue weighted by molar-refractivity contribution is 0.241. The summed E-state index contributed by atoms with van der Waals surface area (Å²) in [5.41, 5.74) is 0.459. The normalized spacial score (nSPS) is 10.2. The van der Waals surface area contributed by atoms with Gasteiger partial charge in [0.1, 0.15) is 17.3 Å². The fourth-order valence-corrected chi connectivity index (χ4v) is 1.09. The van der Waals surface area contributed by atoms with Crippen molar-refractivity contribution in [2.75, 3.05) is 0 Å². The summed E-state index contributed by atoms with van der Waals surface area (Å²) in [7, 11) is 0. The number of aliphatic hydroxyl groups is 1. The second kappa shape index (κ2) is 4.05. The molecule has 0 saturated heterocycles. The van der Waals surface area contributed by atoms with Crippen molar-refractivity contribution >= 4 is 5.76 Å². The Kier molecular flexibility index (Phi) is 3.02. The van der Waals surface area contributed by atoms with Gasteiger partial charge in [-0.3, -0.25) is 0 Å². The zero-order chi connectivity index (χ0) is 10.7. The third kappa shape index (κ3) is 2.69. The van der Waals surface area contributed by atoms with Crippen molar-refractivity contribution in [3.8, 4) is 11.5 Å². The predicted octanol–water partition coefficient (Wildman–Crippen LogP) is 2.71. The van der Waals surface area contributed by atoms with E-state index < -0.39 is 0 Å². The molecule has 0 amide bonds. The Morgan fingerprint density at radius 1 is 1.36 bits per heavy atom. The second-order valence-corrected chi connectivity index (χ2v) is 3.33. The number of benzene rings is 1. The van der Waals surface area contributed by atoms with Crippen molar-refractivity contribution in [1.82, 2.24) is 0 Å². The molecule has 0 saturated carbocycles. The van der Waals surface area contributed by atoms with E-state index in [-0.39, 0.29) is 17.6 Å².